The molecule has 0 spiro atoms. The van der Waals surface area contributed by atoms with Crippen LogP contribution in [0.1, 0.15) is 31.4 Å². The van der Waals surface area contributed by atoms with Crippen LogP contribution in [-0.2, 0) is 4.74 Å². The lowest BCUT2D eigenvalue weighted by atomic mass is 10.1. The summed E-state index contributed by atoms with van der Waals surface area (Å²) < 4.78 is 5.38. The van der Waals surface area contributed by atoms with E-state index >= 15 is 0 Å². The quantitative estimate of drug-likeness (QED) is 0.795. The third-order valence-electron chi connectivity index (χ3n) is 2.88. The minimum absolute atomic E-state index is 0.501. The molecule has 0 saturated carbocycles. The van der Waals surface area contributed by atoms with Gasteiger partial charge in [0.15, 0.2) is 0 Å². The Morgan fingerprint density at radius 2 is 2.11 bits per heavy atom. The number of rotatable bonds is 6. The fourth-order valence-electron chi connectivity index (χ4n) is 1.88. The second-order valence-electron chi connectivity index (χ2n) is 4.38. The normalized spacial score (nSPS) is 12.8. The number of para-hydroxylation sites is 1. The Bertz CT molecular complexity index is 499. The predicted octanol–water partition coefficient (Wildman–Crippen LogP) is 3.08. The summed E-state index contributed by atoms with van der Waals surface area (Å²) in [5.41, 5.74) is 1.81. The van der Waals surface area contributed by atoms with Crippen LogP contribution in [0.25, 0.3) is 10.9 Å². The molecule has 96 valence electrons. The Labute approximate surface area is 107 Å². The zero-order chi connectivity index (χ0) is 12.8. The lowest BCUT2D eigenvalue weighted by Gasteiger charge is -2.11. The number of benzene rings is 1. The minimum atomic E-state index is -0.501. The molecule has 1 N–H and O–H groups in total. The molecule has 0 saturated heterocycles. The van der Waals surface area contributed by atoms with Gasteiger partial charge in [-0.1, -0.05) is 25.1 Å². The van der Waals surface area contributed by atoms with Crippen molar-refractivity contribution in [2.75, 3.05) is 13.2 Å². The van der Waals surface area contributed by atoms with Gasteiger partial charge in [0, 0.05) is 31.2 Å². The van der Waals surface area contributed by atoms with Crippen LogP contribution < -0.4 is 0 Å². The molecule has 1 atom stereocenters. The van der Waals surface area contributed by atoms with Gasteiger partial charge in [-0.25, -0.2) is 0 Å². The second-order valence-corrected chi connectivity index (χ2v) is 4.38. The van der Waals surface area contributed by atoms with E-state index in [9.17, 15) is 5.11 Å². The average molecular weight is 245 g/mol. The van der Waals surface area contributed by atoms with Crippen molar-refractivity contribution in [2.24, 2.45) is 0 Å². The van der Waals surface area contributed by atoms with Gasteiger partial charge in [0.2, 0.25) is 0 Å². The van der Waals surface area contributed by atoms with Crippen molar-refractivity contribution in [1.82, 2.24) is 4.98 Å². The molecule has 1 aromatic heterocycles. The van der Waals surface area contributed by atoms with E-state index in [-0.39, 0.29) is 0 Å². The molecule has 18 heavy (non-hydrogen) atoms. The largest absolute Gasteiger partial charge is 0.388 e. The molecule has 0 amide bonds. The topological polar surface area (TPSA) is 42.4 Å². The van der Waals surface area contributed by atoms with Crippen LogP contribution in [0.4, 0.5) is 0 Å². The maximum absolute atomic E-state index is 10.1. The summed E-state index contributed by atoms with van der Waals surface area (Å²) in [4.78, 5) is 4.35. The van der Waals surface area contributed by atoms with E-state index in [1.165, 1.54) is 0 Å². The zero-order valence-corrected chi connectivity index (χ0v) is 10.7. The van der Waals surface area contributed by atoms with Crippen LogP contribution in [0.3, 0.4) is 0 Å². The summed E-state index contributed by atoms with van der Waals surface area (Å²) in [6.45, 7) is 3.41. The van der Waals surface area contributed by atoms with E-state index in [1.54, 1.807) is 6.20 Å². The molecule has 0 radical (unpaired) electrons. The van der Waals surface area contributed by atoms with Gasteiger partial charge in [-0.05, 0) is 24.1 Å². The molecule has 0 bridgehead atoms. The summed E-state index contributed by atoms with van der Waals surface area (Å²) in [6.07, 6.45) is 2.86. The molecule has 1 heterocycles. The number of aliphatic hydroxyl groups is 1. The first-order valence-electron chi connectivity index (χ1n) is 6.41. The molecule has 1 aromatic carbocycles. The highest BCUT2D eigenvalue weighted by atomic mass is 16.5. The van der Waals surface area contributed by atoms with Crippen molar-refractivity contribution in [2.45, 2.75) is 25.9 Å². The molecule has 2 rings (SSSR count). The van der Waals surface area contributed by atoms with Crippen molar-refractivity contribution in [3.8, 4) is 0 Å². The minimum Gasteiger partial charge on any atom is -0.388 e. The third kappa shape index (κ3) is 3.28. The first-order valence-corrected chi connectivity index (χ1v) is 6.41. The summed E-state index contributed by atoms with van der Waals surface area (Å²) in [6, 6.07) is 9.91. The Hall–Kier alpha value is -1.45. The Kier molecular flexibility index (Phi) is 4.67. The monoisotopic (exact) mass is 245 g/mol. The lowest BCUT2D eigenvalue weighted by molar-refractivity contribution is 0.0821. The second kappa shape index (κ2) is 6.47. The molecule has 2 aromatic rings. The fraction of sp³-hybridized carbons (Fsp3) is 0.400. The van der Waals surface area contributed by atoms with Gasteiger partial charge in [0.1, 0.15) is 0 Å². The van der Waals surface area contributed by atoms with Crippen LogP contribution in [0, 0.1) is 0 Å². The third-order valence-corrected chi connectivity index (χ3v) is 2.88. The van der Waals surface area contributed by atoms with Gasteiger partial charge in [0.25, 0.3) is 0 Å². The van der Waals surface area contributed by atoms with E-state index in [1.807, 2.05) is 30.3 Å². The molecule has 0 aliphatic carbocycles. The highest BCUT2D eigenvalue weighted by Gasteiger charge is 2.08. The number of ether oxygens (including phenoxy) is 1. The summed E-state index contributed by atoms with van der Waals surface area (Å²) in [7, 11) is 0. The zero-order valence-electron chi connectivity index (χ0n) is 10.7. The van der Waals surface area contributed by atoms with Crippen LogP contribution in [-0.4, -0.2) is 23.3 Å². The van der Waals surface area contributed by atoms with Crippen molar-refractivity contribution in [1.29, 1.82) is 0 Å². The van der Waals surface area contributed by atoms with Crippen LogP contribution >= 0.6 is 0 Å². The predicted molar refractivity (Wildman–Crippen MR) is 72.4 cm³/mol. The van der Waals surface area contributed by atoms with E-state index in [0.29, 0.717) is 13.0 Å². The van der Waals surface area contributed by atoms with Gasteiger partial charge in [-0.15, -0.1) is 0 Å². The molecule has 3 nitrogen and oxygen atoms in total. The van der Waals surface area contributed by atoms with Gasteiger partial charge < -0.3 is 9.84 Å². The smallest absolute Gasteiger partial charge is 0.0827 e. The van der Waals surface area contributed by atoms with Gasteiger partial charge >= 0.3 is 0 Å². The molecular formula is C15H19NO2. The number of aliphatic hydroxyl groups excluding tert-OH is 1. The number of nitrogens with zero attached hydrogens (tertiary/aromatic N) is 1. The standard InChI is InChI=1S/C15H19NO2/c1-2-8-18-9-7-15(17)13-10-12-5-3-4-6-14(12)16-11-13/h3-6,10-11,15,17H,2,7-9H2,1H3. The molecular weight excluding hydrogens is 226 g/mol. The number of hydrogen-bond donors (Lipinski definition) is 1. The summed E-state index contributed by atoms with van der Waals surface area (Å²) >= 11 is 0. The molecule has 0 fully saturated rings. The van der Waals surface area contributed by atoms with Gasteiger partial charge in [0.05, 0.1) is 11.6 Å². The maximum atomic E-state index is 10.1. The Morgan fingerprint density at radius 1 is 1.28 bits per heavy atom. The number of pyridine rings is 1. The Balaban J connectivity index is 2.01. The molecule has 0 aliphatic heterocycles. The van der Waals surface area contributed by atoms with Crippen molar-refractivity contribution in [3.63, 3.8) is 0 Å². The summed E-state index contributed by atoms with van der Waals surface area (Å²) in [5, 5.41) is 11.1. The van der Waals surface area contributed by atoms with Gasteiger partial charge in [-0.2, -0.15) is 0 Å². The van der Waals surface area contributed by atoms with Gasteiger partial charge in [-0.3, -0.25) is 4.98 Å². The number of fused-ring (bicyclic) bond motifs is 1. The molecule has 3 heteroatoms. The average Bonchev–Trinajstić information content (AvgIpc) is 2.43. The van der Waals surface area contributed by atoms with E-state index in [0.717, 1.165) is 29.5 Å². The summed E-state index contributed by atoms with van der Waals surface area (Å²) in [5.74, 6) is 0. The van der Waals surface area contributed by atoms with E-state index in [2.05, 4.69) is 11.9 Å². The van der Waals surface area contributed by atoms with Crippen LogP contribution in [0.5, 0.6) is 0 Å². The SMILES string of the molecule is CCCOCCC(O)c1cnc2ccccc2c1. The van der Waals surface area contributed by atoms with Crippen LogP contribution in [0.2, 0.25) is 0 Å². The first kappa shape index (κ1) is 13.0. The highest BCUT2D eigenvalue weighted by molar-refractivity contribution is 5.78. The fourth-order valence-corrected chi connectivity index (χ4v) is 1.88. The number of hydrogen-bond acceptors (Lipinski definition) is 3. The molecule has 1 unspecified atom stereocenters. The highest BCUT2D eigenvalue weighted by Crippen LogP contribution is 2.20. The molecule has 0 aliphatic rings. The van der Waals surface area contributed by atoms with E-state index in [4.69, 9.17) is 4.74 Å². The maximum Gasteiger partial charge on any atom is 0.0827 e. The van der Waals surface area contributed by atoms with E-state index < -0.39 is 6.10 Å². The van der Waals surface area contributed by atoms with Crippen molar-refractivity contribution < 1.29 is 9.84 Å². The lowest BCUT2D eigenvalue weighted by Crippen LogP contribution is -2.04. The van der Waals surface area contributed by atoms with Crippen molar-refractivity contribution in [3.05, 3.63) is 42.1 Å². The first-order chi connectivity index (χ1) is 8.81. The van der Waals surface area contributed by atoms with Crippen LogP contribution in [0.15, 0.2) is 36.5 Å². The Morgan fingerprint density at radius 3 is 2.94 bits per heavy atom. The van der Waals surface area contributed by atoms with Crippen molar-refractivity contribution >= 4 is 10.9 Å². The number of aromatic nitrogens is 1.